The molecule has 0 atom stereocenters. The first-order chi connectivity index (χ1) is 13.4. The largest absolute Gasteiger partial charge is 0.390 e. The number of rotatable bonds is 5. The van der Waals surface area contributed by atoms with Gasteiger partial charge in [0.25, 0.3) is 5.91 Å². The van der Waals surface area contributed by atoms with E-state index in [9.17, 15) is 9.90 Å². The van der Waals surface area contributed by atoms with Crippen LogP contribution in [-0.4, -0.2) is 33.2 Å². The van der Waals surface area contributed by atoms with E-state index in [0.717, 1.165) is 28.2 Å². The van der Waals surface area contributed by atoms with Gasteiger partial charge in [0.1, 0.15) is 0 Å². The predicted molar refractivity (Wildman–Crippen MR) is 109 cm³/mol. The van der Waals surface area contributed by atoms with Crippen LogP contribution in [0.25, 0.3) is 5.52 Å². The fourth-order valence-electron chi connectivity index (χ4n) is 3.61. The third-order valence-corrected chi connectivity index (χ3v) is 5.08. The van der Waals surface area contributed by atoms with Crippen molar-refractivity contribution in [3.05, 3.63) is 65.1 Å². The van der Waals surface area contributed by atoms with Crippen molar-refractivity contribution in [3.63, 3.8) is 0 Å². The molecule has 0 unspecified atom stereocenters. The Labute approximate surface area is 163 Å². The number of benzene rings is 1. The number of aromatic nitrogens is 2. The molecule has 0 saturated carbocycles. The number of nitrogens with one attached hydrogen (secondary N) is 1. The number of aliphatic hydroxyl groups excluding tert-OH is 1. The third kappa shape index (κ3) is 2.93. The number of carbonyl (C=O) groups excluding carboxylic acids is 1. The molecule has 1 aliphatic heterocycles. The first-order valence-corrected chi connectivity index (χ1v) is 9.29. The summed E-state index contributed by atoms with van der Waals surface area (Å²) < 4.78 is 1.91. The van der Waals surface area contributed by atoms with E-state index in [1.54, 1.807) is 12.4 Å². The van der Waals surface area contributed by atoms with E-state index in [2.05, 4.69) is 15.4 Å². The number of carbonyl (C=O) groups is 1. The molecule has 1 amide bonds. The summed E-state index contributed by atoms with van der Waals surface area (Å²) >= 11 is 0. The Kier molecular flexibility index (Phi) is 4.39. The van der Waals surface area contributed by atoms with E-state index < -0.39 is 0 Å². The van der Waals surface area contributed by atoms with E-state index in [1.165, 1.54) is 0 Å². The van der Waals surface area contributed by atoms with Gasteiger partial charge in [-0.25, -0.2) is 9.99 Å². The molecule has 0 aliphatic carbocycles. The van der Waals surface area contributed by atoms with Crippen LogP contribution in [0.15, 0.2) is 47.8 Å². The van der Waals surface area contributed by atoms with Crippen LogP contribution in [0.5, 0.6) is 0 Å². The molecule has 4 rings (SSSR count). The molecule has 1 aliphatic rings. The first kappa shape index (κ1) is 18.2. The van der Waals surface area contributed by atoms with E-state index in [4.69, 9.17) is 0 Å². The number of hydrogen-bond donors (Lipinski definition) is 2. The van der Waals surface area contributed by atoms with Gasteiger partial charge in [0.2, 0.25) is 0 Å². The molecule has 2 N–H and O–H groups in total. The first-order valence-electron chi connectivity index (χ1n) is 9.29. The molecule has 0 radical (unpaired) electrons. The molecule has 0 saturated heterocycles. The zero-order valence-corrected chi connectivity index (χ0v) is 16.2. The fourth-order valence-corrected chi connectivity index (χ4v) is 3.61. The maximum Gasteiger partial charge on any atom is 0.252 e. The fraction of sp³-hybridized carbons (Fsp3) is 0.286. The second-order valence-electron chi connectivity index (χ2n) is 7.33. The molecule has 2 aromatic heterocycles. The molecular weight excluding hydrogens is 354 g/mol. The normalized spacial score (nSPS) is 15.2. The zero-order valence-electron chi connectivity index (χ0n) is 16.2. The summed E-state index contributed by atoms with van der Waals surface area (Å²) in [6.45, 7) is 6.59. The summed E-state index contributed by atoms with van der Waals surface area (Å²) in [7, 11) is 0. The average Bonchev–Trinajstić information content (AvgIpc) is 3.20. The second-order valence-corrected chi connectivity index (χ2v) is 7.33. The maximum atomic E-state index is 12.1. The van der Waals surface area contributed by atoms with Gasteiger partial charge in [-0.3, -0.25) is 4.79 Å². The molecule has 7 heteroatoms. The van der Waals surface area contributed by atoms with Gasteiger partial charge in [0.05, 0.1) is 23.9 Å². The number of amides is 1. The molecule has 1 aromatic carbocycles. The Hall–Kier alpha value is -3.19. The van der Waals surface area contributed by atoms with Crippen LogP contribution in [0.3, 0.4) is 0 Å². The molecule has 0 bridgehead atoms. The van der Waals surface area contributed by atoms with Gasteiger partial charge in [0.15, 0.2) is 5.82 Å². The average molecular weight is 377 g/mol. The van der Waals surface area contributed by atoms with Crippen LogP contribution in [-0.2, 0) is 12.1 Å². The number of anilines is 1. The summed E-state index contributed by atoms with van der Waals surface area (Å²) in [5.74, 6) is 0.682. The second kappa shape index (κ2) is 6.76. The highest BCUT2D eigenvalue weighted by Gasteiger charge is 2.34. The van der Waals surface area contributed by atoms with Crippen LogP contribution >= 0.6 is 0 Å². The standard InChI is InChI=1S/C21H23N5O2/c1-4-26(19-18-8-6-15(13-27)25(18)10-9-22-19)23-12-14-5-7-16-17(11-14)21(2,3)24-20(16)28/h5-12,27H,4,13H2,1-3H3,(H,24,28)/b23-12+. The van der Waals surface area contributed by atoms with Gasteiger partial charge >= 0.3 is 0 Å². The van der Waals surface area contributed by atoms with Gasteiger partial charge in [0, 0.05) is 30.2 Å². The van der Waals surface area contributed by atoms with Crippen LogP contribution in [0, 0.1) is 0 Å². The quantitative estimate of drug-likeness (QED) is 0.529. The zero-order chi connectivity index (χ0) is 19.9. The summed E-state index contributed by atoms with van der Waals surface area (Å²) in [5.41, 5.74) is 3.90. The minimum atomic E-state index is -0.388. The van der Waals surface area contributed by atoms with Crippen molar-refractivity contribution in [2.45, 2.75) is 32.9 Å². The lowest BCUT2D eigenvalue weighted by Crippen LogP contribution is -2.32. The van der Waals surface area contributed by atoms with Crippen LogP contribution in [0.4, 0.5) is 5.82 Å². The number of aliphatic hydroxyl groups is 1. The number of nitrogens with zero attached hydrogens (tertiary/aromatic N) is 4. The summed E-state index contributed by atoms with van der Waals surface area (Å²) in [5, 5.41) is 18.9. The monoisotopic (exact) mass is 377 g/mol. The smallest absolute Gasteiger partial charge is 0.252 e. The van der Waals surface area contributed by atoms with E-state index in [-0.39, 0.29) is 18.1 Å². The van der Waals surface area contributed by atoms with E-state index >= 15 is 0 Å². The van der Waals surface area contributed by atoms with E-state index in [1.807, 2.05) is 66.7 Å². The number of hydrogen-bond acceptors (Lipinski definition) is 5. The summed E-state index contributed by atoms with van der Waals surface area (Å²) in [6.07, 6.45) is 5.31. The molecule has 28 heavy (non-hydrogen) atoms. The van der Waals surface area contributed by atoms with Gasteiger partial charge in [-0.15, -0.1) is 0 Å². The van der Waals surface area contributed by atoms with Crippen molar-refractivity contribution >= 4 is 23.5 Å². The molecular formula is C21H23N5O2. The van der Waals surface area contributed by atoms with E-state index in [0.29, 0.717) is 12.1 Å². The highest BCUT2D eigenvalue weighted by molar-refractivity contribution is 6.00. The third-order valence-electron chi connectivity index (χ3n) is 5.08. The Morgan fingerprint density at radius 1 is 1.32 bits per heavy atom. The Morgan fingerprint density at radius 2 is 2.14 bits per heavy atom. The summed E-state index contributed by atoms with van der Waals surface area (Å²) in [4.78, 5) is 16.5. The van der Waals surface area contributed by atoms with Gasteiger partial charge < -0.3 is 14.8 Å². The molecule has 3 aromatic rings. The van der Waals surface area contributed by atoms with Crippen molar-refractivity contribution < 1.29 is 9.90 Å². The van der Waals surface area contributed by atoms with Crippen molar-refractivity contribution in [2.24, 2.45) is 5.10 Å². The Morgan fingerprint density at radius 3 is 2.89 bits per heavy atom. The Balaban J connectivity index is 1.68. The maximum absolute atomic E-state index is 12.1. The van der Waals surface area contributed by atoms with Gasteiger partial charge in [-0.2, -0.15) is 5.10 Å². The summed E-state index contributed by atoms with van der Waals surface area (Å²) in [6, 6.07) is 9.55. The van der Waals surface area contributed by atoms with Crippen molar-refractivity contribution in [2.75, 3.05) is 11.6 Å². The van der Waals surface area contributed by atoms with Crippen LogP contribution < -0.4 is 10.3 Å². The molecule has 144 valence electrons. The topological polar surface area (TPSA) is 82.2 Å². The lowest BCUT2D eigenvalue weighted by molar-refractivity contribution is 0.0940. The number of hydrazone groups is 1. The Bertz CT molecular complexity index is 1080. The van der Waals surface area contributed by atoms with Crippen molar-refractivity contribution in [3.8, 4) is 0 Å². The lowest BCUT2D eigenvalue weighted by atomic mass is 9.93. The van der Waals surface area contributed by atoms with Crippen LogP contribution in [0.2, 0.25) is 0 Å². The highest BCUT2D eigenvalue weighted by Crippen LogP contribution is 2.31. The van der Waals surface area contributed by atoms with Crippen LogP contribution in [0.1, 0.15) is 48.0 Å². The highest BCUT2D eigenvalue weighted by atomic mass is 16.3. The molecule has 7 nitrogen and oxygen atoms in total. The van der Waals surface area contributed by atoms with Crippen molar-refractivity contribution in [1.29, 1.82) is 0 Å². The minimum Gasteiger partial charge on any atom is -0.390 e. The minimum absolute atomic E-state index is 0.0370. The van der Waals surface area contributed by atoms with Gasteiger partial charge in [-0.1, -0.05) is 6.07 Å². The van der Waals surface area contributed by atoms with Gasteiger partial charge in [-0.05, 0) is 56.2 Å². The molecule has 0 spiro atoms. The number of fused-ring (bicyclic) bond motifs is 2. The SMILES string of the molecule is CCN(/N=C/c1ccc2c(c1)C(C)(C)NC2=O)c1nccn2c(CO)ccc12. The van der Waals surface area contributed by atoms with Crippen molar-refractivity contribution in [1.82, 2.24) is 14.7 Å². The molecule has 3 heterocycles. The predicted octanol–water partition coefficient (Wildman–Crippen LogP) is 2.67. The lowest BCUT2D eigenvalue weighted by Gasteiger charge is -2.19. The molecule has 0 fully saturated rings.